The maximum absolute atomic E-state index is 11.1. The molecule has 19 heavy (non-hydrogen) atoms. The molecule has 0 saturated carbocycles. The largest absolute Gasteiger partial charge is 0.478 e. The molecule has 100 valence electrons. The van der Waals surface area contributed by atoms with Crippen LogP contribution >= 0.6 is 11.5 Å². The van der Waals surface area contributed by atoms with Gasteiger partial charge in [0.15, 0.2) is 0 Å². The first-order valence-electron chi connectivity index (χ1n) is 6.08. The highest BCUT2D eigenvalue weighted by molar-refractivity contribution is 7.09. The Morgan fingerprint density at radius 3 is 2.89 bits per heavy atom. The quantitative estimate of drug-likeness (QED) is 0.848. The second-order valence-electron chi connectivity index (χ2n) is 4.01. The summed E-state index contributed by atoms with van der Waals surface area (Å²) >= 11 is 1.33. The SMILES string of the molecule is CCc1nsc(NCCc2ccccc2C(=O)O)n1. The number of nitrogens with zero attached hydrogens (tertiary/aromatic N) is 2. The number of benzene rings is 1. The summed E-state index contributed by atoms with van der Waals surface area (Å²) in [6.07, 6.45) is 1.46. The van der Waals surface area contributed by atoms with Crippen LogP contribution in [0.5, 0.6) is 0 Å². The molecule has 0 saturated heterocycles. The van der Waals surface area contributed by atoms with Gasteiger partial charge in [0.2, 0.25) is 5.13 Å². The van der Waals surface area contributed by atoms with E-state index in [2.05, 4.69) is 14.7 Å². The van der Waals surface area contributed by atoms with Gasteiger partial charge in [-0.15, -0.1) is 0 Å². The molecule has 6 heteroatoms. The highest BCUT2D eigenvalue weighted by Gasteiger charge is 2.08. The minimum absolute atomic E-state index is 0.357. The molecule has 0 aliphatic carbocycles. The summed E-state index contributed by atoms with van der Waals surface area (Å²) in [6, 6.07) is 7.04. The maximum Gasteiger partial charge on any atom is 0.335 e. The molecule has 0 atom stereocenters. The normalized spacial score (nSPS) is 10.4. The van der Waals surface area contributed by atoms with E-state index in [9.17, 15) is 4.79 Å². The van der Waals surface area contributed by atoms with Gasteiger partial charge in [0, 0.05) is 24.5 Å². The fourth-order valence-electron chi connectivity index (χ4n) is 1.72. The third-order valence-electron chi connectivity index (χ3n) is 2.70. The maximum atomic E-state index is 11.1. The molecule has 1 heterocycles. The summed E-state index contributed by atoms with van der Waals surface area (Å²) in [5.74, 6) is -0.0572. The van der Waals surface area contributed by atoms with Crippen molar-refractivity contribution in [2.24, 2.45) is 0 Å². The second-order valence-corrected chi connectivity index (χ2v) is 4.76. The number of aromatic nitrogens is 2. The Hall–Kier alpha value is -1.95. The van der Waals surface area contributed by atoms with Crippen LogP contribution in [0.3, 0.4) is 0 Å². The van der Waals surface area contributed by atoms with Crippen LogP contribution in [0.1, 0.15) is 28.7 Å². The Labute approximate surface area is 115 Å². The molecule has 0 aliphatic rings. The fraction of sp³-hybridized carbons (Fsp3) is 0.308. The average molecular weight is 277 g/mol. The van der Waals surface area contributed by atoms with Crippen molar-refractivity contribution in [3.8, 4) is 0 Å². The Morgan fingerprint density at radius 1 is 1.42 bits per heavy atom. The predicted molar refractivity (Wildman–Crippen MR) is 74.9 cm³/mol. The highest BCUT2D eigenvalue weighted by atomic mass is 32.1. The first-order valence-corrected chi connectivity index (χ1v) is 6.85. The van der Waals surface area contributed by atoms with Crippen molar-refractivity contribution in [3.05, 3.63) is 41.2 Å². The number of carboxylic acid groups (broad SMARTS) is 1. The lowest BCUT2D eigenvalue weighted by Crippen LogP contribution is -2.09. The van der Waals surface area contributed by atoms with Gasteiger partial charge in [-0.3, -0.25) is 0 Å². The van der Waals surface area contributed by atoms with E-state index in [1.165, 1.54) is 11.5 Å². The van der Waals surface area contributed by atoms with Crippen molar-refractivity contribution in [1.82, 2.24) is 9.36 Å². The number of rotatable bonds is 6. The number of carboxylic acids is 1. The third-order valence-corrected chi connectivity index (χ3v) is 3.41. The Morgan fingerprint density at radius 2 is 2.21 bits per heavy atom. The molecule has 0 bridgehead atoms. The van der Waals surface area contributed by atoms with Gasteiger partial charge in [-0.1, -0.05) is 25.1 Å². The average Bonchev–Trinajstić information content (AvgIpc) is 2.87. The lowest BCUT2D eigenvalue weighted by atomic mass is 10.1. The molecule has 1 aromatic carbocycles. The molecule has 0 spiro atoms. The monoisotopic (exact) mass is 277 g/mol. The Balaban J connectivity index is 1.94. The van der Waals surface area contributed by atoms with E-state index in [1.807, 2.05) is 19.1 Å². The van der Waals surface area contributed by atoms with E-state index >= 15 is 0 Å². The van der Waals surface area contributed by atoms with Crippen molar-refractivity contribution in [2.45, 2.75) is 19.8 Å². The molecule has 2 N–H and O–H groups in total. The molecule has 5 nitrogen and oxygen atoms in total. The van der Waals surface area contributed by atoms with Gasteiger partial charge in [0.1, 0.15) is 5.82 Å². The zero-order valence-corrected chi connectivity index (χ0v) is 11.4. The van der Waals surface area contributed by atoms with Crippen molar-refractivity contribution >= 4 is 22.6 Å². The summed E-state index contributed by atoms with van der Waals surface area (Å²) in [7, 11) is 0. The lowest BCUT2D eigenvalue weighted by Gasteiger charge is -2.06. The van der Waals surface area contributed by atoms with Gasteiger partial charge in [0.25, 0.3) is 0 Å². The van der Waals surface area contributed by atoms with Crippen molar-refractivity contribution in [2.75, 3.05) is 11.9 Å². The van der Waals surface area contributed by atoms with Crippen molar-refractivity contribution in [1.29, 1.82) is 0 Å². The molecule has 2 aromatic rings. The number of hydrogen-bond donors (Lipinski definition) is 2. The summed E-state index contributed by atoms with van der Waals surface area (Å²) in [5.41, 5.74) is 1.18. The number of anilines is 1. The second kappa shape index (κ2) is 6.29. The van der Waals surface area contributed by atoms with Gasteiger partial charge in [-0.2, -0.15) is 4.37 Å². The predicted octanol–water partition coefficient (Wildman–Crippen LogP) is 2.45. The summed E-state index contributed by atoms with van der Waals surface area (Å²) in [5, 5.41) is 13.0. The van der Waals surface area contributed by atoms with Crippen LogP contribution in [-0.4, -0.2) is 27.0 Å². The minimum Gasteiger partial charge on any atom is -0.478 e. The van der Waals surface area contributed by atoms with Crippen LogP contribution in [0, 0.1) is 0 Å². The third kappa shape index (κ3) is 3.51. The first kappa shape index (κ1) is 13.5. The molecule has 0 fully saturated rings. The zero-order chi connectivity index (χ0) is 13.7. The Kier molecular flexibility index (Phi) is 4.46. The molecule has 0 amide bonds. The highest BCUT2D eigenvalue weighted by Crippen LogP contribution is 2.13. The van der Waals surface area contributed by atoms with Crippen LogP contribution in [0.4, 0.5) is 5.13 Å². The van der Waals surface area contributed by atoms with Gasteiger partial charge >= 0.3 is 5.97 Å². The van der Waals surface area contributed by atoms with Crippen LogP contribution in [0.25, 0.3) is 0 Å². The van der Waals surface area contributed by atoms with E-state index in [0.717, 1.165) is 22.9 Å². The smallest absolute Gasteiger partial charge is 0.335 e. The van der Waals surface area contributed by atoms with Gasteiger partial charge in [-0.05, 0) is 18.1 Å². The van der Waals surface area contributed by atoms with E-state index in [-0.39, 0.29) is 0 Å². The molecule has 1 aromatic heterocycles. The van der Waals surface area contributed by atoms with Gasteiger partial charge in [-0.25, -0.2) is 9.78 Å². The molecule has 0 aliphatic heterocycles. The number of nitrogens with one attached hydrogen (secondary N) is 1. The molecule has 0 unspecified atom stereocenters. The fourth-order valence-corrected chi connectivity index (χ4v) is 2.40. The van der Waals surface area contributed by atoms with Crippen LogP contribution in [0.2, 0.25) is 0 Å². The van der Waals surface area contributed by atoms with Gasteiger partial charge < -0.3 is 10.4 Å². The van der Waals surface area contributed by atoms with E-state index < -0.39 is 5.97 Å². The van der Waals surface area contributed by atoms with E-state index in [0.29, 0.717) is 18.5 Å². The van der Waals surface area contributed by atoms with E-state index in [4.69, 9.17) is 5.11 Å². The van der Waals surface area contributed by atoms with Crippen LogP contribution in [0.15, 0.2) is 24.3 Å². The molecule has 2 rings (SSSR count). The standard InChI is InChI=1S/C13H15N3O2S/c1-2-11-15-13(19-16-11)14-8-7-9-5-3-4-6-10(9)12(17)18/h3-6H,2,7-8H2,1H3,(H,17,18)(H,14,15,16). The van der Waals surface area contributed by atoms with Crippen molar-refractivity contribution in [3.63, 3.8) is 0 Å². The topological polar surface area (TPSA) is 75.1 Å². The lowest BCUT2D eigenvalue weighted by molar-refractivity contribution is 0.0695. The van der Waals surface area contributed by atoms with Crippen molar-refractivity contribution < 1.29 is 9.90 Å². The molecular formula is C13H15N3O2S. The summed E-state index contributed by atoms with van der Waals surface area (Å²) in [6.45, 7) is 2.65. The number of aromatic carboxylic acids is 1. The number of aryl methyl sites for hydroxylation is 1. The summed E-state index contributed by atoms with van der Waals surface area (Å²) in [4.78, 5) is 15.4. The van der Waals surface area contributed by atoms with E-state index in [1.54, 1.807) is 12.1 Å². The molecular weight excluding hydrogens is 262 g/mol. The van der Waals surface area contributed by atoms with Crippen LogP contribution in [-0.2, 0) is 12.8 Å². The Bertz CT molecular complexity index is 569. The van der Waals surface area contributed by atoms with Gasteiger partial charge in [0.05, 0.1) is 5.56 Å². The summed E-state index contributed by atoms with van der Waals surface area (Å²) < 4.78 is 4.18. The number of hydrogen-bond acceptors (Lipinski definition) is 5. The molecule has 0 radical (unpaired) electrons. The minimum atomic E-state index is -0.889. The zero-order valence-electron chi connectivity index (χ0n) is 10.6. The van der Waals surface area contributed by atoms with Crippen LogP contribution < -0.4 is 5.32 Å². The first-order chi connectivity index (χ1) is 9.20. The number of carbonyl (C=O) groups is 1.